The Balaban J connectivity index is 1.67. The molecule has 1 heterocycles. The molecule has 1 aromatic heterocycles. The summed E-state index contributed by atoms with van der Waals surface area (Å²) in [6, 6.07) is 18.0. The van der Waals surface area contributed by atoms with Crippen molar-refractivity contribution in [2.75, 3.05) is 23.9 Å². The van der Waals surface area contributed by atoms with Crippen molar-refractivity contribution in [1.29, 1.82) is 0 Å². The summed E-state index contributed by atoms with van der Waals surface area (Å²) in [7, 11) is 1.87. The van der Waals surface area contributed by atoms with Gasteiger partial charge in [0.25, 0.3) is 5.91 Å². The molecule has 0 aliphatic rings. The Kier molecular flexibility index (Phi) is 6.52. The van der Waals surface area contributed by atoms with Gasteiger partial charge in [0.15, 0.2) is 0 Å². The van der Waals surface area contributed by atoms with Gasteiger partial charge in [-0.25, -0.2) is 14.8 Å². The number of benzene rings is 2. The zero-order valence-electron chi connectivity index (χ0n) is 16.3. The molecule has 1 N–H and O–H groups in total. The van der Waals surface area contributed by atoms with Crippen molar-refractivity contribution < 1.29 is 14.3 Å². The van der Waals surface area contributed by atoms with Gasteiger partial charge in [0.05, 0.1) is 12.2 Å². The van der Waals surface area contributed by atoms with Crippen molar-refractivity contribution in [1.82, 2.24) is 9.97 Å². The van der Waals surface area contributed by atoms with Crippen LogP contribution in [-0.4, -0.2) is 35.5 Å². The molecule has 0 aliphatic heterocycles. The number of hydrogen-bond donors (Lipinski definition) is 1. The highest BCUT2D eigenvalue weighted by atomic mass is 16.5. The summed E-state index contributed by atoms with van der Waals surface area (Å²) in [5, 5.41) is 2.77. The molecule has 3 aromatic rings. The zero-order valence-corrected chi connectivity index (χ0v) is 16.3. The van der Waals surface area contributed by atoms with Gasteiger partial charge in [-0.2, -0.15) is 0 Å². The molecule has 0 atom stereocenters. The Morgan fingerprint density at radius 2 is 1.76 bits per heavy atom. The highest BCUT2D eigenvalue weighted by molar-refractivity contribution is 6.03. The number of hydrogen-bond acceptors (Lipinski definition) is 6. The predicted octanol–water partition coefficient (Wildman–Crippen LogP) is 3.54. The number of carbonyl (C=O) groups is 2. The van der Waals surface area contributed by atoms with E-state index in [0.717, 1.165) is 5.56 Å². The molecule has 7 nitrogen and oxygen atoms in total. The lowest BCUT2D eigenvalue weighted by Gasteiger charge is -2.17. The summed E-state index contributed by atoms with van der Waals surface area (Å²) < 4.78 is 4.95. The van der Waals surface area contributed by atoms with Crippen LogP contribution in [0.25, 0.3) is 0 Å². The number of aromatic nitrogens is 2. The normalized spacial score (nSPS) is 10.3. The second-order valence-corrected chi connectivity index (χ2v) is 6.34. The van der Waals surface area contributed by atoms with Crippen LogP contribution in [0, 0.1) is 0 Å². The van der Waals surface area contributed by atoms with Crippen LogP contribution in [0.2, 0.25) is 0 Å². The smallest absolute Gasteiger partial charge is 0.338 e. The Hall–Kier alpha value is -3.74. The van der Waals surface area contributed by atoms with Gasteiger partial charge in [0.1, 0.15) is 5.69 Å². The summed E-state index contributed by atoms with van der Waals surface area (Å²) in [5.41, 5.74) is 2.36. The molecule has 0 aliphatic carbocycles. The van der Waals surface area contributed by atoms with Crippen molar-refractivity contribution in [3.8, 4) is 0 Å². The highest BCUT2D eigenvalue weighted by Crippen LogP contribution is 2.14. The first-order valence-corrected chi connectivity index (χ1v) is 9.23. The summed E-state index contributed by atoms with van der Waals surface area (Å²) >= 11 is 0. The fourth-order valence-corrected chi connectivity index (χ4v) is 2.69. The minimum Gasteiger partial charge on any atom is -0.462 e. The van der Waals surface area contributed by atoms with Crippen LogP contribution in [0.3, 0.4) is 0 Å². The molecule has 1 amide bonds. The number of nitrogens with zero attached hydrogens (tertiary/aromatic N) is 3. The van der Waals surface area contributed by atoms with Crippen LogP contribution in [0.15, 0.2) is 66.9 Å². The topological polar surface area (TPSA) is 84.4 Å². The van der Waals surface area contributed by atoms with Crippen LogP contribution in [0.5, 0.6) is 0 Å². The van der Waals surface area contributed by atoms with Gasteiger partial charge in [-0.05, 0) is 42.8 Å². The van der Waals surface area contributed by atoms with Crippen molar-refractivity contribution in [3.63, 3.8) is 0 Å². The maximum Gasteiger partial charge on any atom is 0.338 e. The van der Waals surface area contributed by atoms with Gasteiger partial charge in [-0.15, -0.1) is 0 Å². The van der Waals surface area contributed by atoms with E-state index in [1.54, 1.807) is 43.5 Å². The number of rotatable bonds is 7. The molecule has 3 rings (SSSR count). The van der Waals surface area contributed by atoms with Crippen LogP contribution in [0.4, 0.5) is 11.6 Å². The number of ether oxygens (including phenoxy) is 1. The summed E-state index contributed by atoms with van der Waals surface area (Å²) in [6.07, 6.45) is 1.56. The average Bonchev–Trinajstić information content (AvgIpc) is 2.75. The lowest BCUT2D eigenvalue weighted by atomic mass is 10.2. The molecule has 0 unspecified atom stereocenters. The number of anilines is 2. The summed E-state index contributed by atoms with van der Waals surface area (Å²) in [5.74, 6) is -0.294. The molecular weight excluding hydrogens is 368 g/mol. The van der Waals surface area contributed by atoms with Gasteiger partial charge in [0.2, 0.25) is 5.95 Å². The van der Waals surface area contributed by atoms with Crippen molar-refractivity contribution >= 4 is 23.5 Å². The first-order chi connectivity index (χ1) is 14.1. The number of amides is 1. The predicted molar refractivity (Wildman–Crippen MR) is 111 cm³/mol. The van der Waals surface area contributed by atoms with Crippen LogP contribution in [0.1, 0.15) is 33.3 Å². The minimum atomic E-state index is -0.396. The van der Waals surface area contributed by atoms with E-state index in [0.29, 0.717) is 30.4 Å². The number of carbonyl (C=O) groups excluding carboxylic acids is 2. The van der Waals surface area contributed by atoms with Gasteiger partial charge in [-0.3, -0.25) is 4.79 Å². The molecule has 0 fully saturated rings. The van der Waals surface area contributed by atoms with E-state index in [-0.39, 0.29) is 11.6 Å². The first-order valence-electron chi connectivity index (χ1n) is 9.23. The largest absolute Gasteiger partial charge is 0.462 e. The third-order valence-corrected chi connectivity index (χ3v) is 4.13. The Labute approximate surface area is 169 Å². The molecule has 0 spiro atoms. The molecular formula is C22H22N4O3. The van der Waals surface area contributed by atoms with Gasteiger partial charge < -0.3 is 15.0 Å². The maximum atomic E-state index is 12.6. The average molecular weight is 390 g/mol. The van der Waals surface area contributed by atoms with E-state index in [1.807, 2.05) is 42.3 Å². The first kappa shape index (κ1) is 20.0. The van der Waals surface area contributed by atoms with Gasteiger partial charge in [0, 0.05) is 25.5 Å². The summed E-state index contributed by atoms with van der Waals surface area (Å²) in [6.45, 7) is 2.69. The summed E-state index contributed by atoms with van der Waals surface area (Å²) in [4.78, 5) is 34.8. The second kappa shape index (κ2) is 9.45. The van der Waals surface area contributed by atoms with Gasteiger partial charge in [-0.1, -0.05) is 30.3 Å². The minimum absolute atomic E-state index is 0.254. The fraction of sp³-hybridized carbons (Fsp3) is 0.182. The fourth-order valence-electron chi connectivity index (χ4n) is 2.69. The van der Waals surface area contributed by atoms with Crippen molar-refractivity contribution in [2.45, 2.75) is 13.5 Å². The van der Waals surface area contributed by atoms with Crippen molar-refractivity contribution in [2.24, 2.45) is 0 Å². The molecule has 29 heavy (non-hydrogen) atoms. The van der Waals surface area contributed by atoms with E-state index in [4.69, 9.17) is 4.74 Å². The van der Waals surface area contributed by atoms with E-state index < -0.39 is 5.97 Å². The number of esters is 1. The van der Waals surface area contributed by atoms with E-state index in [2.05, 4.69) is 15.3 Å². The van der Waals surface area contributed by atoms with E-state index in [1.165, 1.54) is 0 Å². The van der Waals surface area contributed by atoms with Crippen LogP contribution >= 0.6 is 0 Å². The highest BCUT2D eigenvalue weighted by Gasteiger charge is 2.13. The monoisotopic (exact) mass is 390 g/mol. The lowest BCUT2D eigenvalue weighted by Crippen LogP contribution is -2.21. The quantitative estimate of drug-likeness (QED) is 0.621. The maximum absolute atomic E-state index is 12.6. The third-order valence-electron chi connectivity index (χ3n) is 4.13. The van der Waals surface area contributed by atoms with E-state index >= 15 is 0 Å². The lowest BCUT2D eigenvalue weighted by molar-refractivity contribution is 0.0526. The Morgan fingerprint density at radius 1 is 1.03 bits per heavy atom. The molecule has 148 valence electrons. The molecule has 0 bridgehead atoms. The SMILES string of the molecule is CCOC(=O)c1ccc(NC(=O)c2ccnc(N(C)Cc3ccccc3)n2)cc1. The zero-order chi connectivity index (χ0) is 20.6. The number of nitrogens with one attached hydrogen (secondary N) is 1. The Bertz CT molecular complexity index is 975. The van der Waals surface area contributed by atoms with Crippen LogP contribution in [-0.2, 0) is 11.3 Å². The van der Waals surface area contributed by atoms with Crippen molar-refractivity contribution in [3.05, 3.63) is 83.7 Å². The molecule has 2 aromatic carbocycles. The van der Waals surface area contributed by atoms with E-state index in [9.17, 15) is 9.59 Å². The molecule has 7 heteroatoms. The molecule has 0 saturated carbocycles. The van der Waals surface area contributed by atoms with Crippen LogP contribution < -0.4 is 10.2 Å². The second-order valence-electron chi connectivity index (χ2n) is 6.34. The third kappa shape index (κ3) is 5.38. The van der Waals surface area contributed by atoms with Gasteiger partial charge >= 0.3 is 5.97 Å². The molecule has 0 saturated heterocycles. The standard InChI is InChI=1S/C22H22N4O3/c1-3-29-21(28)17-9-11-18(12-10-17)24-20(27)19-13-14-23-22(25-19)26(2)15-16-7-5-4-6-8-16/h4-14H,3,15H2,1-2H3,(H,24,27). The molecule has 0 radical (unpaired) electrons. The Morgan fingerprint density at radius 3 is 2.45 bits per heavy atom.